The third-order valence-electron chi connectivity index (χ3n) is 3.99. The van der Waals surface area contributed by atoms with Crippen molar-refractivity contribution < 1.29 is 5.21 Å². The van der Waals surface area contributed by atoms with E-state index in [4.69, 9.17) is 10.9 Å². The zero-order valence-electron chi connectivity index (χ0n) is 11.6. The van der Waals surface area contributed by atoms with E-state index in [0.717, 1.165) is 13.0 Å². The Morgan fingerprint density at radius 3 is 2.61 bits per heavy atom. The van der Waals surface area contributed by atoms with Crippen molar-refractivity contribution in [1.82, 2.24) is 5.32 Å². The third-order valence-corrected chi connectivity index (χ3v) is 5.41. The number of hydrogen-bond acceptors (Lipinski definition) is 4. The first-order valence-electron chi connectivity index (χ1n) is 6.90. The Morgan fingerprint density at radius 2 is 2.11 bits per heavy atom. The van der Waals surface area contributed by atoms with Gasteiger partial charge in [-0.3, -0.25) is 0 Å². The number of nitrogens with one attached hydrogen (secondary N) is 1. The van der Waals surface area contributed by atoms with Crippen LogP contribution in [-0.4, -0.2) is 34.6 Å². The van der Waals surface area contributed by atoms with Gasteiger partial charge >= 0.3 is 0 Å². The van der Waals surface area contributed by atoms with Gasteiger partial charge in [0.2, 0.25) is 0 Å². The van der Waals surface area contributed by atoms with E-state index < -0.39 is 0 Å². The van der Waals surface area contributed by atoms with Crippen LogP contribution in [0.25, 0.3) is 0 Å². The van der Waals surface area contributed by atoms with E-state index >= 15 is 0 Å². The van der Waals surface area contributed by atoms with E-state index in [9.17, 15) is 0 Å². The highest BCUT2D eigenvalue weighted by Crippen LogP contribution is 2.38. The zero-order chi connectivity index (χ0) is 13.4. The molecular formula is C13H27N3OS. The maximum Gasteiger partial charge on any atom is 0.140 e. The van der Waals surface area contributed by atoms with Crippen molar-refractivity contribution in [3.63, 3.8) is 0 Å². The van der Waals surface area contributed by atoms with Crippen LogP contribution in [0.4, 0.5) is 0 Å². The van der Waals surface area contributed by atoms with Crippen molar-refractivity contribution in [2.45, 2.75) is 62.7 Å². The average molecular weight is 273 g/mol. The van der Waals surface area contributed by atoms with Gasteiger partial charge in [0.05, 0.1) is 0 Å². The molecule has 106 valence electrons. The van der Waals surface area contributed by atoms with Crippen LogP contribution >= 0.6 is 11.8 Å². The van der Waals surface area contributed by atoms with Gasteiger partial charge in [-0.15, -0.1) is 0 Å². The highest BCUT2D eigenvalue weighted by atomic mass is 32.2. The van der Waals surface area contributed by atoms with Gasteiger partial charge in [0.25, 0.3) is 0 Å². The SMILES string of the molecule is CCC(CC(N)=NO)NCC1(SC)CCCCC1. The smallest absolute Gasteiger partial charge is 0.140 e. The first kappa shape index (κ1) is 15.6. The number of nitrogens with two attached hydrogens (primary N) is 1. The fraction of sp³-hybridized carbons (Fsp3) is 0.923. The van der Waals surface area contributed by atoms with Gasteiger partial charge in [-0.2, -0.15) is 11.8 Å². The molecule has 1 atom stereocenters. The molecular weight excluding hydrogens is 246 g/mol. The molecule has 0 radical (unpaired) electrons. The van der Waals surface area contributed by atoms with E-state index in [1.54, 1.807) is 0 Å². The van der Waals surface area contributed by atoms with E-state index in [2.05, 4.69) is 23.7 Å². The van der Waals surface area contributed by atoms with Crippen LogP contribution in [0.1, 0.15) is 51.9 Å². The zero-order valence-corrected chi connectivity index (χ0v) is 12.4. The molecule has 0 aromatic heterocycles. The Morgan fingerprint density at radius 1 is 1.44 bits per heavy atom. The van der Waals surface area contributed by atoms with Gasteiger partial charge in [-0.25, -0.2) is 0 Å². The maximum atomic E-state index is 8.62. The number of oxime groups is 1. The number of amidine groups is 1. The van der Waals surface area contributed by atoms with Gasteiger partial charge in [0.15, 0.2) is 0 Å². The molecule has 0 saturated heterocycles. The Labute approximate surface area is 115 Å². The Hall–Kier alpha value is -0.420. The molecule has 0 aliphatic heterocycles. The van der Waals surface area contributed by atoms with Crippen LogP contribution < -0.4 is 11.1 Å². The summed E-state index contributed by atoms with van der Waals surface area (Å²) in [5.41, 5.74) is 5.58. The van der Waals surface area contributed by atoms with Gasteiger partial charge in [-0.1, -0.05) is 31.3 Å². The molecule has 1 rings (SSSR count). The molecule has 1 aliphatic rings. The molecule has 0 amide bonds. The van der Waals surface area contributed by atoms with Gasteiger partial charge in [0.1, 0.15) is 5.84 Å². The molecule has 1 aliphatic carbocycles. The monoisotopic (exact) mass is 273 g/mol. The fourth-order valence-corrected chi connectivity index (χ4v) is 3.56. The first-order chi connectivity index (χ1) is 8.65. The van der Waals surface area contributed by atoms with Crippen molar-refractivity contribution >= 4 is 17.6 Å². The van der Waals surface area contributed by atoms with Crippen LogP contribution in [0, 0.1) is 0 Å². The molecule has 1 saturated carbocycles. The lowest BCUT2D eigenvalue weighted by atomic mass is 9.88. The highest BCUT2D eigenvalue weighted by molar-refractivity contribution is 8.00. The fourth-order valence-electron chi connectivity index (χ4n) is 2.63. The molecule has 1 unspecified atom stereocenters. The molecule has 5 heteroatoms. The predicted octanol–water partition coefficient (Wildman–Crippen LogP) is 2.56. The summed E-state index contributed by atoms with van der Waals surface area (Å²) in [5.74, 6) is 0.316. The minimum atomic E-state index is 0.312. The molecule has 18 heavy (non-hydrogen) atoms. The summed E-state index contributed by atoms with van der Waals surface area (Å²) in [5, 5.41) is 15.3. The normalized spacial score (nSPS) is 21.8. The second-order valence-corrected chi connectivity index (χ2v) is 6.50. The Kier molecular flexibility index (Phi) is 6.86. The summed E-state index contributed by atoms with van der Waals surface area (Å²) >= 11 is 2.00. The standard InChI is InChI=1S/C13H27N3OS/c1-3-11(9-12(14)16-17)15-10-13(18-2)7-5-4-6-8-13/h11,15,17H,3-10H2,1-2H3,(H2,14,16). The molecule has 4 nitrogen and oxygen atoms in total. The van der Waals surface area contributed by atoms with Crippen LogP contribution in [0.2, 0.25) is 0 Å². The predicted molar refractivity (Wildman–Crippen MR) is 79.4 cm³/mol. The van der Waals surface area contributed by atoms with Crippen LogP contribution in [0.3, 0.4) is 0 Å². The molecule has 0 aromatic carbocycles. The van der Waals surface area contributed by atoms with Crippen LogP contribution in [0.15, 0.2) is 5.16 Å². The lowest BCUT2D eigenvalue weighted by Gasteiger charge is -2.37. The highest BCUT2D eigenvalue weighted by Gasteiger charge is 2.31. The van der Waals surface area contributed by atoms with Crippen molar-refractivity contribution in [2.24, 2.45) is 10.9 Å². The van der Waals surface area contributed by atoms with E-state index in [-0.39, 0.29) is 0 Å². The largest absolute Gasteiger partial charge is 0.409 e. The topological polar surface area (TPSA) is 70.6 Å². The maximum absolute atomic E-state index is 8.62. The summed E-state index contributed by atoms with van der Waals surface area (Å²) in [6, 6.07) is 0.312. The summed E-state index contributed by atoms with van der Waals surface area (Å²) in [4.78, 5) is 0. The number of nitrogens with zero attached hydrogens (tertiary/aromatic N) is 1. The van der Waals surface area contributed by atoms with Crippen LogP contribution in [0.5, 0.6) is 0 Å². The summed E-state index contributed by atoms with van der Waals surface area (Å²) < 4.78 is 0.400. The van der Waals surface area contributed by atoms with E-state index in [1.807, 2.05) is 11.8 Å². The minimum Gasteiger partial charge on any atom is -0.409 e. The molecule has 4 N–H and O–H groups in total. The molecule has 0 aromatic rings. The Balaban J connectivity index is 2.44. The van der Waals surface area contributed by atoms with Gasteiger partial charge < -0.3 is 16.3 Å². The molecule has 0 heterocycles. The molecule has 1 fully saturated rings. The lowest BCUT2D eigenvalue weighted by molar-refractivity contribution is 0.314. The first-order valence-corrected chi connectivity index (χ1v) is 8.13. The Bertz CT molecular complexity index is 265. The van der Waals surface area contributed by atoms with Crippen molar-refractivity contribution in [1.29, 1.82) is 0 Å². The second kappa shape index (κ2) is 7.89. The molecule has 0 bridgehead atoms. The summed E-state index contributed by atoms with van der Waals surface area (Å²) in [7, 11) is 0. The lowest BCUT2D eigenvalue weighted by Crippen LogP contribution is -2.44. The number of hydrogen-bond donors (Lipinski definition) is 3. The van der Waals surface area contributed by atoms with Crippen molar-refractivity contribution in [3.8, 4) is 0 Å². The average Bonchev–Trinajstić information content (AvgIpc) is 2.44. The quantitative estimate of drug-likeness (QED) is 0.288. The van der Waals surface area contributed by atoms with Crippen molar-refractivity contribution in [3.05, 3.63) is 0 Å². The van der Waals surface area contributed by atoms with Gasteiger partial charge in [-0.05, 0) is 25.5 Å². The number of rotatable bonds is 7. The van der Waals surface area contributed by atoms with Gasteiger partial charge in [0, 0.05) is 23.8 Å². The summed E-state index contributed by atoms with van der Waals surface area (Å²) in [6.07, 6.45) is 10.5. The second-order valence-electron chi connectivity index (χ2n) is 5.23. The summed E-state index contributed by atoms with van der Waals surface area (Å²) in [6.45, 7) is 3.17. The molecule has 0 spiro atoms. The third kappa shape index (κ3) is 4.69. The van der Waals surface area contributed by atoms with E-state index in [1.165, 1.54) is 32.1 Å². The minimum absolute atomic E-state index is 0.312. The van der Waals surface area contributed by atoms with E-state index in [0.29, 0.717) is 23.0 Å². The van der Waals surface area contributed by atoms with Crippen LogP contribution in [-0.2, 0) is 0 Å². The number of thioether (sulfide) groups is 1. The van der Waals surface area contributed by atoms with Crippen molar-refractivity contribution in [2.75, 3.05) is 12.8 Å².